The summed E-state index contributed by atoms with van der Waals surface area (Å²) in [4.78, 5) is 12.7. The van der Waals surface area contributed by atoms with E-state index in [0.29, 0.717) is 26.1 Å². The Morgan fingerprint density at radius 3 is 2.50 bits per heavy atom. The summed E-state index contributed by atoms with van der Waals surface area (Å²) in [6.07, 6.45) is 1.69. The number of ketones is 1. The van der Waals surface area contributed by atoms with Gasteiger partial charge in [-0.2, -0.15) is 5.26 Å². The molecule has 2 rings (SSSR count). The first-order valence-electron chi connectivity index (χ1n) is 5.69. The second-order valence-corrected chi connectivity index (χ2v) is 5.98. The Labute approximate surface area is 130 Å². The van der Waals surface area contributed by atoms with E-state index in [2.05, 4.69) is 6.07 Å². The predicted octanol–water partition coefficient (Wildman–Crippen LogP) is 5.32. The molecule has 0 fully saturated rings. The van der Waals surface area contributed by atoms with E-state index in [1.165, 1.54) is 18.3 Å². The van der Waals surface area contributed by atoms with Gasteiger partial charge in [-0.3, -0.25) is 4.79 Å². The molecule has 0 aliphatic carbocycles. The molecule has 0 amide bonds. The zero-order valence-corrected chi connectivity index (χ0v) is 12.8. The lowest BCUT2D eigenvalue weighted by Gasteiger charge is -2.00. The Morgan fingerprint density at radius 1 is 1.25 bits per heavy atom. The van der Waals surface area contributed by atoms with Gasteiger partial charge in [0.2, 0.25) is 0 Å². The van der Waals surface area contributed by atoms with Crippen molar-refractivity contribution in [2.75, 3.05) is 0 Å². The molecule has 0 spiro atoms. The number of nitriles is 1. The quantitative estimate of drug-likeness (QED) is 0.567. The number of rotatable bonds is 3. The number of Topliss-reactive ketones (excluding diaryl/α,β-unsaturated/α-hetero) is 1. The third kappa shape index (κ3) is 3.29. The summed E-state index contributed by atoms with van der Waals surface area (Å²) >= 11 is 13.2. The van der Waals surface area contributed by atoms with Crippen LogP contribution in [0.4, 0.5) is 0 Å². The highest BCUT2D eigenvalue weighted by atomic mass is 35.5. The van der Waals surface area contributed by atoms with E-state index >= 15 is 0 Å². The van der Waals surface area contributed by atoms with Crippen LogP contribution in [0, 0.1) is 11.3 Å². The molecule has 0 aliphatic heterocycles. The molecule has 2 nitrogen and oxygen atoms in total. The summed E-state index contributed by atoms with van der Waals surface area (Å²) in [6.45, 7) is 1.50. The second-order valence-electron chi connectivity index (χ2n) is 4.06. The van der Waals surface area contributed by atoms with Gasteiger partial charge in [-0.25, -0.2) is 0 Å². The summed E-state index contributed by atoms with van der Waals surface area (Å²) in [6, 6.07) is 10.7. The molecule has 2 aromatic rings. The van der Waals surface area contributed by atoms with Crippen LogP contribution >= 0.6 is 34.5 Å². The van der Waals surface area contributed by atoms with E-state index in [-0.39, 0.29) is 5.78 Å². The highest BCUT2D eigenvalue weighted by Crippen LogP contribution is 2.29. The summed E-state index contributed by atoms with van der Waals surface area (Å²) in [5.41, 5.74) is 1.18. The van der Waals surface area contributed by atoms with Crippen LogP contribution in [-0.2, 0) is 0 Å². The smallest absolute Gasteiger partial charge is 0.169 e. The second kappa shape index (κ2) is 6.23. The van der Waals surface area contributed by atoms with E-state index in [1.54, 1.807) is 36.4 Å². The first-order chi connectivity index (χ1) is 9.51. The van der Waals surface area contributed by atoms with Crippen LogP contribution in [0.25, 0.3) is 11.6 Å². The van der Waals surface area contributed by atoms with Crippen LogP contribution in [0.3, 0.4) is 0 Å². The van der Waals surface area contributed by atoms with Crippen LogP contribution in [0.15, 0.2) is 30.3 Å². The fourth-order valence-corrected chi connectivity index (χ4v) is 2.93. The minimum Gasteiger partial charge on any atom is -0.294 e. The summed E-state index contributed by atoms with van der Waals surface area (Å²) < 4.78 is 0. The van der Waals surface area contributed by atoms with Crippen molar-refractivity contribution in [1.29, 1.82) is 5.26 Å². The van der Waals surface area contributed by atoms with Crippen molar-refractivity contribution in [2.45, 2.75) is 6.92 Å². The first-order valence-corrected chi connectivity index (χ1v) is 7.26. The minimum absolute atomic E-state index is 0.0111. The van der Waals surface area contributed by atoms with Crippen molar-refractivity contribution in [2.24, 2.45) is 0 Å². The van der Waals surface area contributed by atoms with Gasteiger partial charge in [0.05, 0.1) is 10.5 Å². The molecule has 0 N–H and O–H groups in total. The van der Waals surface area contributed by atoms with E-state index in [4.69, 9.17) is 23.2 Å². The van der Waals surface area contributed by atoms with Gasteiger partial charge < -0.3 is 0 Å². The van der Waals surface area contributed by atoms with Gasteiger partial charge in [-0.1, -0.05) is 29.3 Å². The van der Waals surface area contributed by atoms with Gasteiger partial charge in [-0.05, 0) is 42.8 Å². The molecule has 5 heteroatoms. The Bertz CT molecular complexity index is 741. The Balaban J connectivity index is 2.43. The Hall–Kier alpha value is -1.60. The van der Waals surface area contributed by atoms with Gasteiger partial charge in [0.25, 0.3) is 0 Å². The fraction of sp³-hybridized carbons (Fsp3) is 0.0667. The van der Waals surface area contributed by atoms with Crippen molar-refractivity contribution in [1.82, 2.24) is 0 Å². The Kier molecular flexibility index (Phi) is 4.61. The molecule has 100 valence electrons. The molecule has 0 radical (unpaired) electrons. The number of nitrogens with zero attached hydrogens (tertiary/aromatic N) is 1. The minimum atomic E-state index is -0.0111. The average Bonchev–Trinajstić information content (AvgIpc) is 2.87. The van der Waals surface area contributed by atoms with Gasteiger partial charge in [-0.15, -0.1) is 11.3 Å². The molecular weight excluding hydrogens is 313 g/mol. The van der Waals surface area contributed by atoms with Gasteiger partial charge in [0.15, 0.2) is 5.78 Å². The number of allylic oxidation sites excluding steroid dienone is 1. The SMILES string of the molecule is CC(=O)c1ccc(/C(C#N)=C/c2ccc(Cl)cc2Cl)s1. The number of carbonyl (C=O) groups excluding carboxylic acids is 1. The molecule has 0 bridgehead atoms. The van der Waals surface area contributed by atoms with Crippen molar-refractivity contribution in [3.63, 3.8) is 0 Å². The van der Waals surface area contributed by atoms with Crippen molar-refractivity contribution >= 4 is 52.0 Å². The summed E-state index contributed by atoms with van der Waals surface area (Å²) in [7, 11) is 0. The number of benzene rings is 1. The number of hydrogen-bond acceptors (Lipinski definition) is 3. The lowest BCUT2D eigenvalue weighted by molar-refractivity contribution is 0.102. The lowest BCUT2D eigenvalue weighted by atomic mass is 10.1. The molecule has 0 saturated heterocycles. The Morgan fingerprint density at radius 2 is 1.95 bits per heavy atom. The molecule has 1 aromatic carbocycles. The fourth-order valence-electron chi connectivity index (χ4n) is 1.60. The van der Waals surface area contributed by atoms with E-state index in [1.807, 2.05) is 0 Å². The molecule has 1 aromatic heterocycles. The lowest BCUT2D eigenvalue weighted by Crippen LogP contribution is -1.83. The maximum atomic E-state index is 11.3. The molecule has 0 aliphatic rings. The van der Waals surface area contributed by atoms with E-state index in [0.717, 1.165) is 4.88 Å². The molecular formula is C15H9Cl2NOS. The first kappa shape index (κ1) is 14.8. The standard InChI is InChI=1S/C15H9Cl2NOS/c1-9(19)14-4-5-15(20-14)11(8-18)6-10-2-3-12(16)7-13(10)17/h2-7H,1H3/b11-6+. The van der Waals surface area contributed by atoms with Gasteiger partial charge in [0.1, 0.15) is 6.07 Å². The highest BCUT2D eigenvalue weighted by molar-refractivity contribution is 7.15. The molecule has 0 unspecified atom stereocenters. The number of halogens is 2. The zero-order valence-electron chi connectivity index (χ0n) is 10.5. The highest BCUT2D eigenvalue weighted by Gasteiger charge is 2.09. The van der Waals surface area contributed by atoms with Crippen LogP contribution in [0.1, 0.15) is 27.0 Å². The molecule has 20 heavy (non-hydrogen) atoms. The monoisotopic (exact) mass is 321 g/mol. The summed E-state index contributed by atoms with van der Waals surface area (Å²) in [5, 5.41) is 10.3. The zero-order chi connectivity index (χ0) is 14.7. The molecule has 1 heterocycles. The van der Waals surface area contributed by atoms with Crippen LogP contribution in [0.5, 0.6) is 0 Å². The van der Waals surface area contributed by atoms with E-state index in [9.17, 15) is 10.1 Å². The van der Waals surface area contributed by atoms with Crippen LogP contribution in [-0.4, -0.2) is 5.78 Å². The maximum absolute atomic E-state index is 11.3. The van der Waals surface area contributed by atoms with Crippen molar-refractivity contribution in [3.8, 4) is 6.07 Å². The van der Waals surface area contributed by atoms with Crippen molar-refractivity contribution < 1.29 is 4.79 Å². The van der Waals surface area contributed by atoms with Crippen LogP contribution in [0.2, 0.25) is 10.0 Å². The topological polar surface area (TPSA) is 40.9 Å². The summed E-state index contributed by atoms with van der Waals surface area (Å²) in [5.74, 6) is -0.0111. The van der Waals surface area contributed by atoms with Crippen LogP contribution < -0.4 is 0 Å². The normalized spacial score (nSPS) is 11.2. The largest absolute Gasteiger partial charge is 0.294 e. The third-order valence-corrected chi connectivity index (χ3v) is 4.38. The molecule has 0 saturated carbocycles. The van der Waals surface area contributed by atoms with E-state index < -0.39 is 0 Å². The number of carbonyl (C=O) groups is 1. The maximum Gasteiger partial charge on any atom is 0.169 e. The average molecular weight is 322 g/mol. The predicted molar refractivity (Wildman–Crippen MR) is 84.3 cm³/mol. The number of thiophene rings is 1. The number of hydrogen-bond donors (Lipinski definition) is 0. The molecule has 0 atom stereocenters. The van der Waals surface area contributed by atoms with Gasteiger partial charge in [0, 0.05) is 14.9 Å². The third-order valence-electron chi connectivity index (χ3n) is 2.60. The van der Waals surface area contributed by atoms with Gasteiger partial charge >= 0.3 is 0 Å². The van der Waals surface area contributed by atoms with Crippen molar-refractivity contribution in [3.05, 3.63) is 55.7 Å².